The molecule has 0 bridgehead atoms. The van der Waals surface area contributed by atoms with Crippen molar-refractivity contribution in [3.05, 3.63) is 35.4 Å². The van der Waals surface area contributed by atoms with E-state index in [1.807, 2.05) is 0 Å². The molecule has 0 aliphatic carbocycles. The van der Waals surface area contributed by atoms with Crippen LogP contribution in [0.5, 0.6) is 0 Å². The zero-order valence-corrected chi connectivity index (χ0v) is 10.9. The van der Waals surface area contributed by atoms with E-state index in [4.69, 9.17) is 0 Å². The summed E-state index contributed by atoms with van der Waals surface area (Å²) in [5.74, 6) is 0. The fourth-order valence-corrected chi connectivity index (χ4v) is 2.58. The van der Waals surface area contributed by atoms with Crippen LogP contribution in [0.1, 0.15) is 30.4 Å². The lowest BCUT2D eigenvalue weighted by atomic mass is 9.87. The molecule has 1 fully saturated rings. The lowest BCUT2D eigenvalue weighted by Crippen LogP contribution is -2.32. The molecular formula is C15H23NO. The molecule has 1 aliphatic heterocycles. The first-order valence-electron chi connectivity index (χ1n) is 6.54. The average Bonchev–Trinajstić information content (AvgIpc) is 2.45. The summed E-state index contributed by atoms with van der Waals surface area (Å²) in [6.07, 6.45) is 3.70. The summed E-state index contributed by atoms with van der Waals surface area (Å²) >= 11 is 0. The molecule has 1 aromatic rings. The fourth-order valence-electron chi connectivity index (χ4n) is 2.58. The normalized spacial score (nSPS) is 26.8. The summed E-state index contributed by atoms with van der Waals surface area (Å²) in [7, 11) is 2.14. The smallest absolute Gasteiger partial charge is 0.0700 e. The van der Waals surface area contributed by atoms with Gasteiger partial charge in [-0.25, -0.2) is 0 Å². The molecule has 0 aromatic heterocycles. The van der Waals surface area contributed by atoms with Gasteiger partial charge in [0.1, 0.15) is 0 Å². The van der Waals surface area contributed by atoms with Gasteiger partial charge in [-0.3, -0.25) is 0 Å². The first-order valence-corrected chi connectivity index (χ1v) is 6.54. The molecule has 1 N–H and O–H groups in total. The van der Waals surface area contributed by atoms with E-state index in [1.54, 1.807) is 0 Å². The first kappa shape index (κ1) is 12.6. The van der Waals surface area contributed by atoms with Crippen molar-refractivity contribution < 1.29 is 5.11 Å². The molecule has 1 heterocycles. The van der Waals surface area contributed by atoms with Gasteiger partial charge in [-0.15, -0.1) is 0 Å². The van der Waals surface area contributed by atoms with E-state index in [0.29, 0.717) is 0 Å². The number of nitrogens with zero attached hydrogens (tertiary/aromatic N) is 1. The minimum atomic E-state index is -0.500. The van der Waals surface area contributed by atoms with Crippen LogP contribution in [0.4, 0.5) is 0 Å². The number of rotatable bonds is 2. The number of hydrogen-bond acceptors (Lipinski definition) is 2. The van der Waals surface area contributed by atoms with E-state index in [0.717, 1.165) is 38.8 Å². The van der Waals surface area contributed by atoms with Crippen molar-refractivity contribution in [1.29, 1.82) is 0 Å². The Kier molecular flexibility index (Phi) is 3.85. The average molecular weight is 233 g/mol. The second-order valence-electron chi connectivity index (χ2n) is 5.54. The van der Waals surface area contributed by atoms with Gasteiger partial charge in [0.2, 0.25) is 0 Å². The van der Waals surface area contributed by atoms with Gasteiger partial charge in [0, 0.05) is 13.0 Å². The molecule has 0 spiro atoms. The molecule has 94 valence electrons. The van der Waals surface area contributed by atoms with Crippen molar-refractivity contribution in [2.45, 2.75) is 38.2 Å². The Bertz CT molecular complexity index is 360. The Hall–Kier alpha value is -0.860. The van der Waals surface area contributed by atoms with Crippen LogP contribution in [0.15, 0.2) is 24.3 Å². The summed E-state index contributed by atoms with van der Waals surface area (Å²) in [6, 6.07) is 8.53. The van der Waals surface area contributed by atoms with E-state index in [2.05, 4.69) is 43.1 Å². The minimum absolute atomic E-state index is 0.500. The monoisotopic (exact) mass is 233 g/mol. The minimum Gasteiger partial charge on any atom is -0.389 e. The van der Waals surface area contributed by atoms with E-state index in [9.17, 15) is 5.11 Å². The number of aryl methyl sites for hydroxylation is 1. The van der Waals surface area contributed by atoms with Gasteiger partial charge < -0.3 is 10.0 Å². The Morgan fingerprint density at radius 2 is 1.88 bits per heavy atom. The highest BCUT2D eigenvalue weighted by molar-refractivity contribution is 5.22. The maximum Gasteiger partial charge on any atom is 0.0700 e. The van der Waals surface area contributed by atoms with Gasteiger partial charge in [-0.2, -0.15) is 0 Å². The molecule has 2 rings (SSSR count). The van der Waals surface area contributed by atoms with Crippen LogP contribution < -0.4 is 0 Å². The van der Waals surface area contributed by atoms with Crippen molar-refractivity contribution in [3.63, 3.8) is 0 Å². The van der Waals surface area contributed by atoms with Crippen molar-refractivity contribution in [2.75, 3.05) is 20.1 Å². The van der Waals surface area contributed by atoms with Gasteiger partial charge >= 0.3 is 0 Å². The summed E-state index contributed by atoms with van der Waals surface area (Å²) in [5.41, 5.74) is 2.03. The predicted molar refractivity (Wildman–Crippen MR) is 71.2 cm³/mol. The first-order chi connectivity index (χ1) is 8.07. The Morgan fingerprint density at radius 3 is 2.59 bits per heavy atom. The zero-order chi connectivity index (χ0) is 12.3. The Balaban J connectivity index is 2.03. The van der Waals surface area contributed by atoms with E-state index < -0.39 is 5.60 Å². The maximum atomic E-state index is 10.7. The summed E-state index contributed by atoms with van der Waals surface area (Å²) in [5, 5.41) is 10.7. The van der Waals surface area contributed by atoms with Crippen LogP contribution in [0, 0.1) is 6.92 Å². The highest BCUT2D eigenvalue weighted by Gasteiger charge is 2.29. The molecule has 0 saturated carbocycles. The third-order valence-electron chi connectivity index (χ3n) is 3.79. The summed E-state index contributed by atoms with van der Waals surface area (Å²) in [4.78, 5) is 2.31. The highest BCUT2D eigenvalue weighted by atomic mass is 16.3. The third kappa shape index (κ3) is 3.55. The van der Waals surface area contributed by atoms with Crippen LogP contribution >= 0.6 is 0 Å². The van der Waals surface area contributed by atoms with Crippen molar-refractivity contribution in [3.8, 4) is 0 Å². The molecular weight excluding hydrogens is 210 g/mol. The van der Waals surface area contributed by atoms with Gasteiger partial charge in [-0.1, -0.05) is 29.8 Å². The molecule has 1 unspecified atom stereocenters. The second kappa shape index (κ2) is 5.19. The fraction of sp³-hybridized carbons (Fsp3) is 0.600. The molecule has 2 nitrogen and oxygen atoms in total. The highest BCUT2D eigenvalue weighted by Crippen LogP contribution is 2.26. The van der Waals surface area contributed by atoms with Gasteiger partial charge in [0.25, 0.3) is 0 Å². The molecule has 17 heavy (non-hydrogen) atoms. The molecule has 0 radical (unpaired) electrons. The van der Waals surface area contributed by atoms with Gasteiger partial charge in [0.15, 0.2) is 0 Å². The second-order valence-corrected chi connectivity index (χ2v) is 5.54. The van der Waals surface area contributed by atoms with E-state index in [-0.39, 0.29) is 0 Å². The lowest BCUT2D eigenvalue weighted by Gasteiger charge is -2.26. The number of aliphatic hydroxyl groups is 1. The van der Waals surface area contributed by atoms with E-state index in [1.165, 1.54) is 11.1 Å². The number of likely N-dealkylation sites (tertiary alicyclic amines) is 1. The summed E-state index contributed by atoms with van der Waals surface area (Å²) < 4.78 is 0. The lowest BCUT2D eigenvalue weighted by molar-refractivity contribution is 0.0263. The molecule has 1 aliphatic rings. The molecule has 1 atom stereocenters. The van der Waals surface area contributed by atoms with E-state index >= 15 is 0 Å². The number of benzene rings is 1. The van der Waals surface area contributed by atoms with Crippen molar-refractivity contribution in [1.82, 2.24) is 4.90 Å². The molecule has 1 saturated heterocycles. The van der Waals surface area contributed by atoms with Crippen LogP contribution in [0.25, 0.3) is 0 Å². The SMILES string of the molecule is Cc1ccc(CC2(O)CCCN(C)CC2)cc1. The van der Waals surface area contributed by atoms with Gasteiger partial charge in [-0.05, 0) is 45.3 Å². The van der Waals surface area contributed by atoms with Gasteiger partial charge in [0.05, 0.1) is 5.60 Å². The maximum absolute atomic E-state index is 10.7. The van der Waals surface area contributed by atoms with Crippen LogP contribution in [-0.4, -0.2) is 35.7 Å². The summed E-state index contributed by atoms with van der Waals surface area (Å²) in [6.45, 7) is 4.21. The number of hydrogen-bond donors (Lipinski definition) is 1. The standard InChI is InChI=1S/C15H23NO/c1-13-4-6-14(7-5-13)12-15(17)8-3-10-16(2)11-9-15/h4-7,17H,3,8-12H2,1-2H3. The Morgan fingerprint density at radius 1 is 1.18 bits per heavy atom. The molecule has 0 amide bonds. The van der Waals surface area contributed by atoms with Crippen molar-refractivity contribution in [2.24, 2.45) is 0 Å². The third-order valence-corrected chi connectivity index (χ3v) is 3.79. The van der Waals surface area contributed by atoms with Crippen LogP contribution in [0.3, 0.4) is 0 Å². The zero-order valence-electron chi connectivity index (χ0n) is 10.9. The molecule has 2 heteroatoms. The van der Waals surface area contributed by atoms with Crippen LogP contribution in [0.2, 0.25) is 0 Å². The predicted octanol–water partition coefficient (Wildman–Crippen LogP) is 2.38. The van der Waals surface area contributed by atoms with Crippen molar-refractivity contribution >= 4 is 0 Å². The largest absolute Gasteiger partial charge is 0.389 e. The quantitative estimate of drug-likeness (QED) is 0.848. The molecule has 1 aromatic carbocycles. The topological polar surface area (TPSA) is 23.5 Å². The Labute approximate surface area is 104 Å². The van der Waals surface area contributed by atoms with Crippen LogP contribution in [-0.2, 0) is 6.42 Å².